The van der Waals surface area contributed by atoms with Gasteiger partial charge in [0.25, 0.3) is 0 Å². The highest BCUT2D eigenvalue weighted by molar-refractivity contribution is 7.99. The molecule has 1 aromatic heterocycles. The number of hydrogen-bond acceptors (Lipinski definition) is 5. The number of benzene rings is 3. The highest BCUT2D eigenvalue weighted by Crippen LogP contribution is 2.32. The number of halogens is 4. The lowest BCUT2D eigenvalue weighted by atomic mass is 10.2. The number of hydrogen-bond donors (Lipinski definition) is 1. The molecule has 6 nitrogen and oxygen atoms in total. The summed E-state index contributed by atoms with van der Waals surface area (Å²) in [4.78, 5) is 12.5. The normalized spacial score (nSPS) is 11.3. The molecule has 0 unspecified atom stereocenters. The molecule has 0 saturated carbocycles. The van der Waals surface area contributed by atoms with Crippen molar-refractivity contribution in [1.29, 1.82) is 0 Å². The molecule has 1 heterocycles. The number of carbonyl (C=O) groups is 1. The molecule has 0 radical (unpaired) electrons. The van der Waals surface area contributed by atoms with Crippen molar-refractivity contribution < 1.29 is 22.7 Å². The maximum absolute atomic E-state index is 12.9. The van der Waals surface area contributed by atoms with Gasteiger partial charge in [0.15, 0.2) is 11.0 Å². The SMILES string of the molecule is COc1ccc(-n2c(SCC(=O)Nc3cccc(C(F)(F)F)c3)nnc2-c2ccc(Cl)cc2)cc1. The minimum atomic E-state index is -4.50. The molecule has 35 heavy (non-hydrogen) atoms. The average Bonchev–Trinajstić information content (AvgIpc) is 3.27. The second-order valence-corrected chi connectivity index (χ2v) is 8.64. The minimum Gasteiger partial charge on any atom is -0.497 e. The Morgan fingerprint density at radius 1 is 1.06 bits per heavy atom. The number of anilines is 1. The highest BCUT2D eigenvalue weighted by atomic mass is 35.5. The van der Waals surface area contributed by atoms with E-state index >= 15 is 0 Å². The monoisotopic (exact) mass is 518 g/mol. The fraction of sp³-hybridized carbons (Fsp3) is 0.125. The van der Waals surface area contributed by atoms with E-state index in [1.807, 2.05) is 12.1 Å². The van der Waals surface area contributed by atoms with Crippen molar-refractivity contribution in [2.24, 2.45) is 0 Å². The standard InChI is InChI=1S/C24H18ClF3N4O2S/c1-34-20-11-9-19(10-12-20)32-22(15-5-7-17(25)8-6-15)30-31-23(32)35-14-21(33)29-18-4-2-3-16(13-18)24(26,27)28/h2-13H,14H2,1H3,(H,29,33). The van der Waals surface area contributed by atoms with Crippen LogP contribution in [0.1, 0.15) is 5.56 Å². The van der Waals surface area contributed by atoms with E-state index in [1.165, 1.54) is 12.1 Å². The van der Waals surface area contributed by atoms with E-state index in [0.29, 0.717) is 21.8 Å². The van der Waals surface area contributed by atoms with E-state index in [1.54, 1.807) is 48.1 Å². The summed E-state index contributed by atoms with van der Waals surface area (Å²) in [6.07, 6.45) is -4.50. The molecule has 0 aliphatic heterocycles. The van der Waals surface area contributed by atoms with Crippen LogP contribution in [0.5, 0.6) is 5.75 Å². The third-order valence-electron chi connectivity index (χ3n) is 4.87. The van der Waals surface area contributed by atoms with Crippen LogP contribution in [-0.4, -0.2) is 33.5 Å². The zero-order chi connectivity index (χ0) is 25.0. The predicted octanol–water partition coefficient (Wildman–Crippen LogP) is 6.35. The minimum absolute atomic E-state index is 0.0592. The molecule has 1 N–H and O–H groups in total. The summed E-state index contributed by atoms with van der Waals surface area (Å²) in [5.74, 6) is 0.634. The molecule has 0 bridgehead atoms. The summed E-state index contributed by atoms with van der Waals surface area (Å²) in [6.45, 7) is 0. The molecule has 11 heteroatoms. The molecule has 0 saturated heterocycles. The number of nitrogens with one attached hydrogen (secondary N) is 1. The first-order chi connectivity index (χ1) is 16.7. The Morgan fingerprint density at radius 2 is 1.77 bits per heavy atom. The Hall–Kier alpha value is -3.50. The maximum Gasteiger partial charge on any atom is 0.416 e. The molecule has 0 aliphatic rings. The molecule has 4 rings (SSSR count). The number of carbonyl (C=O) groups excluding carboxylic acids is 1. The van der Waals surface area contributed by atoms with E-state index in [-0.39, 0.29) is 11.4 Å². The smallest absolute Gasteiger partial charge is 0.416 e. The topological polar surface area (TPSA) is 69.0 Å². The van der Waals surface area contributed by atoms with Crippen molar-refractivity contribution in [2.75, 3.05) is 18.2 Å². The van der Waals surface area contributed by atoms with Crippen molar-refractivity contribution in [1.82, 2.24) is 14.8 Å². The quantitative estimate of drug-likeness (QED) is 0.289. The van der Waals surface area contributed by atoms with Gasteiger partial charge in [0, 0.05) is 22.0 Å². The van der Waals surface area contributed by atoms with Crippen molar-refractivity contribution >= 4 is 35.0 Å². The number of rotatable bonds is 7. The van der Waals surface area contributed by atoms with Crippen LogP contribution in [-0.2, 0) is 11.0 Å². The molecule has 0 fully saturated rings. The lowest BCUT2D eigenvalue weighted by molar-refractivity contribution is -0.137. The zero-order valence-electron chi connectivity index (χ0n) is 18.2. The Morgan fingerprint density at radius 3 is 2.43 bits per heavy atom. The largest absolute Gasteiger partial charge is 0.497 e. The van der Waals surface area contributed by atoms with Crippen molar-refractivity contribution in [3.63, 3.8) is 0 Å². The fourth-order valence-corrected chi connectivity index (χ4v) is 4.09. The van der Waals surface area contributed by atoms with E-state index in [0.717, 1.165) is 35.1 Å². The molecular formula is C24H18ClF3N4O2S. The molecule has 0 atom stereocenters. The zero-order valence-corrected chi connectivity index (χ0v) is 19.8. The van der Waals surface area contributed by atoms with Gasteiger partial charge in [-0.1, -0.05) is 29.4 Å². The van der Waals surface area contributed by atoms with E-state index in [4.69, 9.17) is 16.3 Å². The second-order valence-electron chi connectivity index (χ2n) is 7.26. The van der Waals surface area contributed by atoms with E-state index < -0.39 is 17.6 Å². The van der Waals surface area contributed by atoms with Crippen LogP contribution in [0.25, 0.3) is 17.1 Å². The van der Waals surface area contributed by atoms with Crippen molar-refractivity contribution in [3.8, 4) is 22.8 Å². The summed E-state index contributed by atoms with van der Waals surface area (Å²) in [5, 5.41) is 12.0. The first kappa shape index (κ1) is 24.6. The molecule has 4 aromatic rings. The van der Waals surface area contributed by atoms with Gasteiger partial charge in [-0.3, -0.25) is 9.36 Å². The summed E-state index contributed by atoms with van der Waals surface area (Å²) in [6, 6.07) is 18.8. The fourth-order valence-electron chi connectivity index (χ4n) is 3.21. The Kier molecular flexibility index (Phi) is 7.32. The van der Waals surface area contributed by atoms with Gasteiger partial charge in [0.05, 0.1) is 18.4 Å². The number of thioether (sulfide) groups is 1. The van der Waals surface area contributed by atoms with E-state index in [9.17, 15) is 18.0 Å². The summed E-state index contributed by atoms with van der Waals surface area (Å²) >= 11 is 7.12. The lowest BCUT2D eigenvalue weighted by Gasteiger charge is -2.12. The van der Waals surface area contributed by atoms with Gasteiger partial charge in [0.1, 0.15) is 5.75 Å². The van der Waals surface area contributed by atoms with Crippen LogP contribution in [0.4, 0.5) is 18.9 Å². The van der Waals surface area contributed by atoms with Gasteiger partial charge in [-0.25, -0.2) is 0 Å². The van der Waals surface area contributed by atoms with Gasteiger partial charge < -0.3 is 10.1 Å². The van der Waals surface area contributed by atoms with Crippen LogP contribution in [0.2, 0.25) is 5.02 Å². The number of nitrogens with zero attached hydrogens (tertiary/aromatic N) is 3. The summed E-state index contributed by atoms with van der Waals surface area (Å²) in [5.41, 5.74) is 0.721. The van der Waals surface area contributed by atoms with Gasteiger partial charge in [-0.15, -0.1) is 10.2 Å². The third-order valence-corrected chi connectivity index (χ3v) is 6.05. The molecule has 180 valence electrons. The summed E-state index contributed by atoms with van der Waals surface area (Å²) < 4.78 is 45.8. The van der Waals surface area contributed by atoms with Crippen LogP contribution in [0.3, 0.4) is 0 Å². The third kappa shape index (κ3) is 5.95. The van der Waals surface area contributed by atoms with Gasteiger partial charge >= 0.3 is 6.18 Å². The Bertz CT molecular complexity index is 1330. The number of alkyl halides is 3. The molecular weight excluding hydrogens is 501 g/mol. The van der Waals surface area contributed by atoms with Crippen molar-refractivity contribution in [2.45, 2.75) is 11.3 Å². The van der Waals surface area contributed by atoms with Crippen LogP contribution in [0.15, 0.2) is 78.0 Å². The van der Waals surface area contributed by atoms with Crippen LogP contribution < -0.4 is 10.1 Å². The number of aromatic nitrogens is 3. The second kappa shape index (κ2) is 10.4. The Balaban J connectivity index is 1.57. The number of ether oxygens (including phenoxy) is 1. The first-order valence-corrected chi connectivity index (χ1v) is 11.6. The molecule has 0 spiro atoms. The average molecular weight is 519 g/mol. The molecule has 3 aromatic carbocycles. The Labute approximate surface area is 208 Å². The highest BCUT2D eigenvalue weighted by Gasteiger charge is 2.30. The molecule has 0 aliphatic carbocycles. The van der Waals surface area contributed by atoms with Crippen LogP contribution >= 0.6 is 23.4 Å². The number of methoxy groups -OCH3 is 1. The van der Waals surface area contributed by atoms with Gasteiger partial charge in [0.2, 0.25) is 5.91 Å². The summed E-state index contributed by atoms with van der Waals surface area (Å²) in [7, 11) is 1.57. The van der Waals surface area contributed by atoms with Gasteiger partial charge in [-0.2, -0.15) is 13.2 Å². The van der Waals surface area contributed by atoms with E-state index in [2.05, 4.69) is 15.5 Å². The van der Waals surface area contributed by atoms with Gasteiger partial charge in [-0.05, 0) is 66.7 Å². The molecule has 1 amide bonds. The van der Waals surface area contributed by atoms with Crippen molar-refractivity contribution in [3.05, 3.63) is 83.4 Å². The first-order valence-electron chi connectivity index (χ1n) is 10.2. The number of amides is 1. The predicted molar refractivity (Wildman–Crippen MR) is 129 cm³/mol. The lowest BCUT2D eigenvalue weighted by Crippen LogP contribution is -2.15. The van der Waals surface area contributed by atoms with Crippen LogP contribution in [0, 0.1) is 0 Å². The maximum atomic E-state index is 12.9.